The molecular weight excluding hydrogens is 316 g/mol. The van der Waals surface area contributed by atoms with Gasteiger partial charge in [-0.3, -0.25) is 4.79 Å². The Kier molecular flexibility index (Phi) is 5.38. The zero-order chi connectivity index (χ0) is 18.0. The highest BCUT2D eigenvalue weighted by Crippen LogP contribution is 2.52. The Balaban J connectivity index is 1.72. The normalized spacial score (nSPS) is 31.4. The van der Waals surface area contributed by atoms with Crippen molar-refractivity contribution in [1.29, 1.82) is 0 Å². The molecule has 4 atom stereocenters. The molecular formula is C21H30O4. The molecule has 2 aliphatic carbocycles. The Labute approximate surface area is 150 Å². The summed E-state index contributed by atoms with van der Waals surface area (Å²) in [6.45, 7) is 4.03. The molecule has 1 aromatic rings. The fraction of sp³-hybridized carbons (Fsp3) is 0.667. The average Bonchev–Trinajstić information content (AvgIpc) is 2.89. The summed E-state index contributed by atoms with van der Waals surface area (Å²) in [5.41, 5.74) is 2.65. The Bertz CT molecular complexity index is 626. The number of hydrogen-bond donors (Lipinski definition) is 1. The smallest absolute Gasteiger partial charge is 0.302 e. The molecule has 1 N–H and O–H groups in total. The first kappa shape index (κ1) is 18.2. The lowest BCUT2D eigenvalue weighted by Crippen LogP contribution is -2.39. The van der Waals surface area contributed by atoms with E-state index in [4.69, 9.17) is 9.47 Å². The van der Waals surface area contributed by atoms with E-state index >= 15 is 0 Å². The zero-order valence-electron chi connectivity index (χ0n) is 15.6. The van der Waals surface area contributed by atoms with Crippen molar-refractivity contribution in [2.24, 2.45) is 17.3 Å². The minimum atomic E-state index is -0.301. The number of carbonyl (C=O) groups excluding carboxylic acids is 1. The lowest BCUT2D eigenvalue weighted by atomic mass is 9.65. The molecule has 0 aliphatic heterocycles. The molecule has 0 heterocycles. The number of carbonyl (C=O) groups is 1. The lowest BCUT2D eigenvalue weighted by Gasteiger charge is -2.41. The van der Waals surface area contributed by atoms with Crippen LogP contribution < -0.4 is 4.74 Å². The minimum absolute atomic E-state index is 0.163. The highest BCUT2D eigenvalue weighted by atomic mass is 16.5. The van der Waals surface area contributed by atoms with Crippen LogP contribution in [-0.4, -0.2) is 30.9 Å². The first-order valence-electron chi connectivity index (χ1n) is 9.41. The van der Waals surface area contributed by atoms with E-state index < -0.39 is 0 Å². The van der Waals surface area contributed by atoms with Gasteiger partial charge in [-0.25, -0.2) is 0 Å². The van der Waals surface area contributed by atoms with Crippen LogP contribution in [0.3, 0.4) is 0 Å². The van der Waals surface area contributed by atoms with Gasteiger partial charge in [0, 0.05) is 6.92 Å². The van der Waals surface area contributed by atoms with E-state index in [1.165, 1.54) is 18.1 Å². The van der Waals surface area contributed by atoms with Gasteiger partial charge in [0.2, 0.25) is 0 Å². The maximum absolute atomic E-state index is 11.1. The van der Waals surface area contributed by atoms with E-state index in [-0.39, 0.29) is 17.5 Å². The third kappa shape index (κ3) is 3.69. The van der Waals surface area contributed by atoms with Crippen LogP contribution in [0.1, 0.15) is 50.7 Å². The second-order valence-corrected chi connectivity index (χ2v) is 7.93. The van der Waals surface area contributed by atoms with Crippen molar-refractivity contribution >= 4 is 5.97 Å². The summed E-state index contributed by atoms with van der Waals surface area (Å²) in [6, 6.07) is 6.40. The number of aryl methyl sites for hydroxylation is 1. The Morgan fingerprint density at radius 2 is 2.08 bits per heavy atom. The second kappa shape index (κ2) is 7.36. The number of ether oxygens (including phenoxy) is 2. The van der Waals surface area contributed by atoms with Crippen molar-refractivity contribution < 1.29 is 19.4 Å². The van der Waals surface area contributed by atoms with Crippen LogP contribution in [0.25, 0.3) is 0 Å². The Morgan fingerprint density at radius 1 is 1.28 bits per heavy atom. The third-order valence-electron chi connectivity index (χ3n) is 6.55. The fourth-order valence-corrected chi connectivity index (χ4v) is 5.01. The van der Waals surface area contributed by atoms with E-state index in [0.717, 1.165) is 44.3 Å². The Morgan fingerprint density at radius 3 is 2.80 bits per heavy atom. The van der Waals surface area contributed by atoms with Crippen LogP contribution in [-0.2, 0) is 22.4 Å². The van der Waals surface area contributed by atoms with Gasteiger partial charge in [-0.1, -0.05) is 13.0 Å². The maximum atomic E-state index is 11.1. The first-order valence-corrected chi connectivity index (χ1v) is 9.41. The topological polar surface area (TPSA) is 55.8 Å². The zero-order valence-corrected chi connectivity index (χ0v) is 15.6. The summed E-state index contributed by atoms with van der Waals surface area (Å²) in [5, 5.41) is 10.6. The number of hydrogen-bond acceptors (Lipinski definition) is 4. The molecule has 1 fully saturated rings. The van der Waals surface area contributed by atoms with Gasteiger partial charge in [-0.15, -0.1) is 0 Å². The molecule has 25 heavy (non-hydrogen) atoms. The molecule has 0 spiro atoms. The molecule has 3 rings (SSSR count). The molecule has 1 unspecified atom stereocenters. The summed E-state index contributed by atoms with van der Waals surface area (Å²) < 4.78 is 10.5. The maximum Gasteiger partial charge on any atom is 0.302 e. The van der Waals surface area contributed by atoms with Crippen molar-refractivity contribution in [1.82, 2.24) is 0 Å². The van der Waals surface area contributed by atoms with Gasteiger partial charge in [0.25, 0.3) is 0 Å². The SMILES string of the molecule is COc1ccc2c(c1)CCC([C@@H]1CC[C@H](O)[C@@]1(C)CCOC(C)=O)C2. The molecule has 4 heteroatoms. The summed E-state index contributed by atoms with van der Waals surface area (Å²) >= 11 is 0. The van der Waals surface area contributed by atoms with Crippen molar-refractivity contribution in [2.45, 2.75) is 58.5 Å². The quantitative estimate of drug-likeness (QED) is 0.829. The molecule has 1 aromatic carbocycles. The standard InChI is InChI=1S/C21H30O4/c1-14(22)25-11-10-21(2)19(8-9-20(21)23)17-5-4-16-13-18(24-3)7-6-15(16)12-17/h6-7,13,17,19-20,23H,4-5,8-12H2,1-3H3/t17?,19-,20-,21-/m0/s1. The molecule has 2 aliphatic rings. The molecule has 0 bridgehead atoms. The molecule has 4 nitrogen and oxygen atoms in total. The summed E-state index contributed by atoms with van der Waals surface area (Å²) in [6.07, 6.45) is 5.65. The van der Waals surface area contributed by atoms with Crippen molar-refractivity contribution in [3.63, 3.8) is 0 Å². The van der Waals surface area contributed by atoms with Gasteiger partial charge >= 0.3 is 5.97 Å². The molecule has 0 aromatic heterocycles. The summed E-state index contributed by atoms with van der Waals surface area (Å²) in [7, 11) is 1.71. The minimum Gasteiger partial charge on any atom is -0.497 e. The molecule has 1 saturated carbocycles. The molecule has 138 valence electrons. The van der Waals surface area contributed by atoms with E-state index in [1.54, 1.807) is 7.11 Å². The molecule has 0 radical (unpaired) electrons. The predicted octanol–water partition coefficient (Wildman–Crippen LogP) is 3.53. The van der Waals surface area contributed by atoms with Crippen LogP contribution >= 0.6 is 0 Å². The van der Waals surface area contributed by atoms with E-state index in [1.807, 2.05) is 6.07 Å². The fourth-order valence-electron chi connectivity index (χ4n) is 5.01. The van der Waals surface area contributed by atoms with E-state index in [2.05, 4.69) is 19.1 Å². The van der Waals surface area contributed by atoms with Crippen molar-refractivity contribution in [3.05, 3.63) is 29.3 Å². The van der Waals surface area contributed by atoms with Crippen LogP contribution in [0.4, 0.5) is 0 Å². The predicted molar refractivity (Wildman–Crippen MR) is 96.6 cm³/mol. The van der Waals surface area contributed by atoms with Crippen LogP contribution in [0, 0.1) is 17.3 Å². The van der Waals surface area contributed by atoms with Gasteiger partial charge < -0.3 is 14.6 Å². The molecule has 0 saturated heterocycles. The summed E-state index contributed by atoms with van der Waals surface area (Å²) in [5.74, 6) is 1.75. The van der Waals surface area contributed by atoms with Crippen LogP contribution in [0.2, 0.25) is 0 Å². The van der Waals surface area contributed by atoms with Gasteiger partial charge in [0.05, 0.1) is 19.8 Å². The van der Waals surface area contributed by atoms with Crippen molar-refractivity contribution in [3.8, 4) is 5.75 Å². The number of aliphatic hydroxyl groups is 1. The highest BCUT2D eigenvalue weighted by Gasteiger charge is 2.49. The van der Waals surface area contributed by atoms with E-state index in [0.29, 0.717) is 18.4 Å². The van der Waals surface area contributed by atoms with Gasteiger partial charge in [-0.2, -0.15) is 0 Å². The van der Waals surface area contributed by atoms with Crippen LogP contribution in [0.15, 0.2) is 18.2 Å². The largest absolute Gasteiger partial charge is 0.497 e. The van der Waals surface area contributed by atoms with Gasteiger partial charge in [-0.05, 0) is 79.0 Å². The number of rotatable bonds is 5. The number of fused-ring (bicyclic) bond motifs is 1. The average molecular weight is 346 g/mol. The monoisotopic (exact) mass is 346 g/mol. The number of benzene rings is 1. The van der Waals surface area contributed by atoms with Crippen LogP contribution in [0.5, 0.6) is 5.75 Å². The van der Waals surface area contributed by atoms with E-state index in [9.17, 15) is 9.90 Å². The number of aliphatic hydroxyl groups excluding tert-OH is 1. The third-order valence-corrected chi connectivity index (χ3v) is 6.55. The first-order chi connectivity index (χ1) is 11.9. The highest BCUT2D eigenvalue weighted by molar-refractivity contribution is 5.65. The number of methoxy groups -OCH3 is 1. The number of esters is 1. The lowest BCUT2D eigenvalue weighted by molar-refractivity contribution is -0.142. The van der Waals surface area contributed by atoms with Crippen molar-refractivity contribution in [2.75, 3.05) is 13.7 Å². The van der Waals surface area contributed by atoms with Gasteiger partial charge in [0.1, 0.15) is 5.75 Å². The summed E-state index contributed by atoms with van der Waals surface area (Å²) in [4.78, 5) is 11.1. The molecule has 0 amide bonds. The second-order valence-electron chi connectivity index (χ2n) is 7.93. The van der Waals surface area contributed by atoms with Gasteiger partial charge in [0.15, 0.2) is 0 Å². The Hall–Kier alpha value is -1.55.